The molecule has 0 aromatic heterocycles. The summed E-state index contributed by atoms with van der Waals surface area (Å²) in [5, 5.41) is 3.33. The Labute approximate surface area is 162 Å². The van der Waals surface area contributed by atoms with Crippen LogP contribution in [0.1, 0.15) is 29.2 Å². The van der Waals surface area contributed by atoms with Crippen LogP contribution in [0.3, 0.4) is 0 Å². The molecule has 0 unspecified atom stereocenters. The largest absolute Gasteiger partial charge is 0.467 e. The first-order valence-corrected chi connectivity index (χ1v) is 8.99. The van der Waals surface area contributed by atoms with E-state index in [0.717, 1.165) is 16.7 Å². The lowest BCUT2D eigenvalue weighted by Crippen LogP contribution is -2.40. The Morgan fingerprint density at radius 1 is 1.22 bits per heavy atom. The molecule has 27 heavy (non-hydrogen) atoms. The maximum atomic E-state index is 13.1. The Kier molecular flexibility index (Phi) is 4.32. The molecule has 0 saturated carbocycles. The number of carbonyl (C=O) groups is 2. The van der Waals surface area contributed by atoms with Gasteiger partial charge in [0, 0.05) is 16.1 Å². The van der Waals surface area contributed by atoms with Gasteiger partial charge in [0.05, 0.1) is 13.2 Å². The summed E-state index contributed by atoms with van der Waals surface area (Å²) in [7, 11) is 0. The number of imide groups is 1. The van der Waals surface area contributed by atoms with Crippen LogP contribution in [0.5, 0.6) is 5.75 Å². The minimum atomic E-state index is -1.10. The molecule has 7 heteroatoms. The van der Waals surface area contributed by atoms with E-state index in [4.69, 9.17) is 21.1 Å². The Balaban J connectivity index is 1.66. The first kappa shape index (κ1) is 17.8. The molecule has 6 nitrogen and oxygen atoms in total. The zero-order valence-electron chi connectivity index (χ0n) is 15.0. The number of fused-ring (bicyclic) bond motifs is 1. The van der Waals surface area contributed by atoms with Gasteiger partial charge in [-0.1, -0.05) is 41.4 Å². The second-order valence-electron chi connectivity index (χ2n) is 6.98. The van der Waals surface area contributed by atoms with Crippen LogP contribution < -0.4 is 10.1 Å². The zero-order chi connectivity index (χ0) is 19.2. The minimum Gasteiger partial charge on any atom is -0.467 e. The number of hydrogen-bond acceptors (Lipinski definition) is 4. The van der Waals surface area contributed by atoms with Crippen molar-refractivity contribution in [1.29, 1.82) is 0 Å². The molecule has 1 saturated heterocycles. The predicted octanol–water partition coefficient (Wildman–Crippen LogP) is 3.48. The number of aryl methyl sites for hydroxylation is 1. The molecule has 2 aromatic carbocycles. The standard InChI is InChI=1S/C20H19ClN2O4/c1-12-3-5-15(6-4-12)20(2)18(24)23(19(25)22-20)9-13-7-16(21)8-14-10-26-11-27-17(13)14/h3-8H,9-11H2,1-2H3,(H,22,25)/t20-/m0/s1. The summed E-state index contributed by atoms with van der Waals surface area (Å²) in [6, 6.07) is 10.6. The molecule has 0 spiro atoms. The first-order chi connectivity index (χ1) is 12.9. The maximum Gasteiger partial charge on any atom is 0.325 e. The molecule has 1 N–H and O–H groups in total. The number of urea groups is 1. The zero-order valence-corrected chi connectivity index (χ0v) is 15.8. The van der Waals surface area contributed by atoms with Gasteiger partial charge in [-0.15, -0.1) is 0 Å². The summed E-state index contributed by atoms with van der Waals surface area (Å²) in [4.78, 5) is 26.9. The van der Waals surface area contributed by atoms with Crippen molar-refractivity contribution >= 4 is 23.5 Å². The molecule has 0 aliphatic carbocycles. The van der Waals surface area contributed by atoms with Crippen LogP contribution in [0, 0.1) is 6.92 Å². The molecule has 0 bridgehead atoms. The quantitative estimate of drug-likeness (QED) is 0.820. The minimum absolute atomic E-state index is 0.0784. The fourth-order valence-electron chi connectivity index (χ4n) is 3.47. The van der Waals surface area contributed by atoms with Crippen LogP contribution in [0.15, 0.2) is 36.4 Å². The predicted molar refractivity (Wildman–Crippen MR) is 99.3 cm³/mol. The second kappa shape index (κ2) is 6.55. The van der Waals surface area contributed by atoms with Crippen molar-refractivity contribution in [3.8, 4) is 5.75 Å². The molecular formula is C20H19ClN2O4. The van der Waals surface area contributed by atoms with Crippen LogP contribution in [0.4, 0.5) is 4.79 Å². The van der Waals surface area contributed by atoms with Crippen LogP contribution in [-0.4, -0.2) is 23.6 Å². The van der Waals surface area contributed by atoms with Crippen LogP contribution in [-0.2, 0) is 28.2 Å². The average Bonchev–Trinajstić information content (AvgIpc) is 2.86. The second-order valence-corrected chi connectivity index (χ2v) is 7.41. The van der Waals surface area contributed by atoms with Crippen molar-refractivity contribution in [3.05, 3.63) is 63.7 Å². The van der Waals surface area contributed by atoms with E-state index in [9.17, 15) is 9.59 Å². The average molecular weight is 387 g/mol. The highest BCUT2D eigenvalue weighted by molar-refractivity contribution is 6.30. The van der Waals surface area contributed by atoms with Gasteiger partial charge >= 0.3 is 6.03 Å². The van der Waals surface area contributed by atoms with E-state index in [1.54, 1.807) is 19.1 Å². The Bertz CT molecular complexity index is 928. The number of nitrogens with zero attached hydrogens (tertiary/aromatic N) is 1. The number of ether oxygens (including phenoxy) is 2. The lowest BCUT2D eigenvalue weighted by molar-refractivity contribution is -0.131. The van der Waals surface area contributed by atoms with E-state index in [1.807, 2.05) is 31.2 Å². The summed E-state index contributed by atoms with van der Waals surface area (Å²) < 4.78 is 10.9. The van der Waals surface area contributed by atoms with E-state index in [0.29, 0.717) is 22.9 Å². The number of nitrogens with one attached hydrogen (secondary N) is 1. The monoisotopic (exact) mass is 386 g/mol. The highest BCUT2D eigenvalue weighted by atomic mass is 35.5. The van der Waals surface area contributed by atoms with Crippen LogP contribution in [0.2, 0.25) is 5.02 Å². The van der Waals surface area contributed by atoms with Gasteiger partial charge in [-0.3, -0.25) is 9.69 Å². The van der Waals surface area contributed by atoms with Crippen molar-refractivity contribution in [3.63, 3.8) is 0 Å². The summed E-state index contributed by atoms with van der Waals surface area (Å²) in [5.41, 5.74) is 2.20. The van der Waals surface area contributed by atoms with Gasteiger partial charge in [0.25, 0.3) is 5.91 Å². The van der Waals surface area contributed by atoms with E-state index in [1.165, 1.54) is 4.90 Å². The van der Waals surface area contributed by atoms with Crippen molar-refractivity contribution < 1.29 is 19.1 Å². The van der Waals surface area contributed by atoms with Gasteiger partial charge in [-0.05, 0) is 31.5 Å². The third-order valence-electron chi connectivity index (χ3n) is 4.98. The van der Waals surface area contributed by atoms with Crippen molar-refractivity contribution in [2.45, 2.75) is 32.5 Å². The number of benzene rings is 2. The number of hydrogen-bond donors (Lipinski definition) is 1. The first-order valence-electron chi connectivity index (χ1n) is 8.61. The molecule has 1 atom stereocenters. The highest BCUT2D eigenvalue weighted by Crippen LogP contribution is 2.35. The molecule has 2 heterocycles. The Morgan fingerprint density at radius 3 is 2.70 bits per heavy atom. The van der Waals surface area contributed by atoms with Gasteiger partial charge in [-0.25, -0.2) is 4.79 Å². The van der Waals surface area contributed by atoms with E-state index in [2.05, 4.69) is 5.32 Å². The smallest absolute Gasteiger partial charge is 0.325 e. The van der Waals surface area contributed by atoms with Gasteiger partial charge in [0.2, 0.25) is 0 Å². The Hall–Kier alpha value is -2.57. The fraction of sp³-hybridized carbons (Fsp3) is 0.300. The van der Waals surface area contributed by atoms with Crippen molar-refractivity contribution in [2.24, 2.45) is 0 Å². The lowest BCUT2D eigenvalue weighted by Gasteiger charge is -2.24. The topological polar surface area (TPSA) is 67.9 Å². The van der Waals surface area contributed by atoms with Gasteiger partial charge in [-0.2, -0.15) is 0 Å². The van der Waals surface area contributed by atoms with E-state index >= 15 is 0 Å². The Morgan fingerprint density at radius 2 is 1.96 bits per heavy atom. The number of amides is 3. The normalized spacial score (nSPS) is 21.7. The molecular weight excluding hydrogens is 368 g/mol. The van der Waals surface area contributed by atoms with Gasteiger partial charge in [0.15, 0.2) is 6.79 Å². The molecule has 2 aliphatic rings. The summed E-state index contributed by atoms with van der Waals surface area (Å²) in [6.45, 7) is 4.27. The van der Waals surface area contributed by atoms with Crippen molar-refractivity contribution in [2.75, 3.05) is 6.79 Å². The third-order valence-corrected chi connectivity index (χ3v) is 5.20. The molecule has 3 amide bonds. The molecule has 1 fully saturated rings. The van der Waals surface area contributed by atoms with Gasteiger partial charge < -0.3 is 14.8 Å². The molecule has 2 aromatic rings. The third kappa shape index (κ3) is 3.05. The van der Waals surface area contributed by atoms with Crippen LogP contribution >= 0.6 is 11.6 Å². The van der Waals surface area contributed by atoms with Gasteiger partial charge in [0.1, 0.15) is 11.3 Å². The fourth-order valence-corrected chi connectivity index (χ4v) is 3.73. The van der Waals surface area contributed by atoms with E-state index < -0.39 is 11.6 Å². The summed E-state index contributed by atoms with van der Waals surface area (Å²) in [5.74, 6) is 0.312. The molecule has 0 radical (unpaired) electrons. The van der Waals surface area contributed by atoms with Crippen LogP contribution in [0.25, 0.3) is 0 Å². The van der Waals surface area contributed by atoms with Crippen molar-refractivity contribution in [1.82, 2.24) is 10.2 Å². The summed E-state index contributed by atoms with van der Waals surface area (Å²) in [6.07, 6.45) is 0. The number of halogens is 1. The maximum absolute atomic E-state index is 13.1. The molecule has 2 aliphatic heterocycles. The van der Waals surface area contributed by atoms with E-state index in [-0.39, 0.29) is 19.2 Å². The molecule has 140 valence electrons. The SMILES string of the molecule is Cc1ccc([C@]2(C)NC(=O)N(Cc3cc(Cl)cc4c3OCOC4)C2=O)cc1. The lowest BCUT2D eigenvalue weighted by atomic mass is 9.91. The molecule has 4 rings (SSSR count). The number of rotatable bonds is 3. The highest BCUT2D eigenvalue weighted by Gasteiger charge is 2.49. The number of carbonyl (C=O) groups excluding carboxylic acids is 2. The summed E-state index contributed by atoms with van der Waals surface area (Å²) >= 11 is 6.19.